The second-order valence-electron chi connectivity index (χ2n) is 5.43. The third kappa shape index (κ3) is 3.12. The van der Waals surface area contributed by atoms with Gasteiger partial charge in [0, 0.05) is 7.11 Å². The van der Waals surface area contributed by atoms with Crippen LogP contribution in [-0.2, 0) is 11.3 Å². The van der Waals surface area contributed by atoms with Gasteiger partial charge in [-0.3, -0.25) is 4.68 Å². The second kappa shape index (κ2) is 6.73. The van der Waals surface area contributed by atoms with Gasteiger partial charge in [-0.2, -0.15) is 5.10 Å². The predicted molar refractivity (Wildman–Crippen MR) is 77.4 cm³/mol. The predicted octanol–water partition coefficient (Wildman–Crippen LogP) is 2.88. The largest absolute Gasteiger partial charge is 0.383 e. The highest BCUT2D eigenvalue weighted by atomic mass is 35.5. The van der Waals surface area contributed by atoms with Gasteiger partial charge in [-0.25, -0.2) is 0 Å². The maximum absolute atomic E-state index is 6.36. The highest BCUT2D eigenvalue weighted by Gasteiger charge is 2.34. The molecule has 2 rings (SSSR count). The van der Waals surface area contributed by atoms with Crippen molar-refractivity contribution < 1.29 is 4.74 Å². The summed E-state index contributed by atoms with van der Waals surface area (Å²) in [6.07, 6.45) is 5.63. The number of halogens is 1. The molecule has 0 spiro atoms. The van der Waals surface area contributed by atoms with Gasteiger partial charge < -0.3 is 10.1 Å². The van der Waals surface area contributed by atoms with Gasteiger partial charge in [0.25, 0.3) is 0 Å². The summed E-state index contributed by atoms with van der Waals surface area (Å²) < 4.78 is 7.13. The third-order valence-corrected chi connectivity index (χ3v) is 4.59. The maximum Gasteiger partial charge on any atom is 0.0834 e. The Morgan fingerprint density at radius 1 is 1.58 bits per heavy atom. The number of nitrogens with zero attached hydrogens (tertiary/aromatic N) is 2. The molecule has 3 atom stereocenters. The van der Waals surface area contributed by atoms with Crippen molar-refractivity contribution in [2.45, 2.75) is 38.8 Å². The normalized spacial score (nSPS) is 24.8. The molecule has 1 heterocycles. The minimum Gasteiger partial charge on any atom is -0.383 e. The number of hydrogen-bond donors (Lipinski definition) is 1. The fourth-order valence-corrected chi connectivity index (χ4v) is 3.52. The molecule has 3 unspecified atom stereocenters. The first-order valence-corrected chi connectivity index (χ1v) is 7.44. The molecule has 108 valence electrons. The number of aromatic nitrogens is 2. The summed E-state index contributed by atoms with van der Waals surface area (Å²) in [4.78, 5) is 0. The first-order chi connectivity index (χ1) is 9.19. The zero-order chi connectivity index (χ0) is 13.8. The Bertz CT molecular complexity index is 407. The van der Waals surface area contributed by atoms with E-state index in [0.29, 0.717) is 12.5 Å². The van der Waals surface area contributed by atoms with Crippen LogP contribution in [0.25, 0.3) is 0 Å². The Kier molecular flexibility index (Phi) is 5.25. The molecular formula is C14H24ClN3O. The van der Waals surface area contributed by atoms with Crippen LogP contribution in [0.4, 0.5) is 0 Å². The average Bonchev–Trinajstić information content (AvgIpc) is 2.97. The summed E-state index contributed by atoms with van der Waals surface area (Å²) in [7, 11) is 3.72. The van der Waals surface area contributed by atoms with Crippen molar-refractivity contribution in [2.75, 3.05) is 20.8 Å². The molecule has 0 aliphatic heterocycles. The summed E-state index contributed by atoms with van der Waals surface area (Å²) in [6.45, 7) is 3.74. The topological polar surface area (TPSA) is 39.1 Å². The van der Waals surface area contributed by atoms with Crippen molar-refractivity contribution in [1.29, 1.82) is 0 Å². The van der Waals surface area contributed by atoms with Gasteiger partial charge in [-0.05, 0) is 25.3 Å². The number of rotatable bonds is 6. The van der Waals surface area contributed by atoms with Crippen molar-refractivity contribution in [3.63, 3.8) is 0 Å². The van der Waals surface area contributed by atoms with E-state index in [2.05, 4.69) is 17.3 Å². The van der Waals surface area contributed by atoms with Crippen LogP contribution in [0.3, 0.4) is 0 Å². The third-order valence-electron chi connectivity index (χ3n) is 4.30. The number of nitrogens with one attached hydrogen (secondary N) is 1. The molecule has 5 heteroatoms. The lowest BCUT2D eigenvalue weighted by Crippen LogP contribution is -2.30. The molecule has 1 saturated carbocycles. The van der Waals surface area contributed by atoms with Gasteiger partial charge in [-0.15, -0.1) is 0 Å². The van der Waals surface area contributed by atoms with E-state index in [-0.39, 0.29) is 6.04 Å². The highest BCUT2D eigenvalue weighted by Crippen LogP contribution is 2.41. The monoisotopic (exact) mass is 285 g/mol. The summed E-state index contributed by atoms with van der Waals surface area (Å²) in [5, 5.41) is 8.59. The van der Waals surface area contributed by atoms with E-state index in [9.17, 15) is 0 Å². The summed E-state index contributed by atoms with van der Waals surface area (Å²) in [5.74, 6) is 1.37. The van der Waals surface area contributed by atoms with Crippen molar-refractivity contribution >= 4 is 11.6 Å². The SMILES string of the molecule is CNC(c1c(Cl)cnn1CCOC)C1CCCC1C. The van der Waals surface area contributed by atoms with Crippen LogP contribution in [0.15, 0.2) is 6.20 Å². The van der Waals surface area contributed by atoms with E-state index < -0.39 is 0 Å². The minimum atomic E-state index is 0.282. The molecule has 0 bridgehead atoms. The van der Waals surface area contributed by atoms with Crippen LogP contribution in [-0.4, -0.2) is 30.5 Å². The van der Waals surface area contributed by atoms with Crippen LogP contribution in [0.5, 0.6) is 0 Å². The Morgan fingerprint density at radius 2 is 2.37 bits per heavy atom. The molecule has 1 aromatic heterocycles. The van der Waals surface area contributed by atoms with Gasteiger partial charge in [0.05, 0.1) is 36.1 Å². The molecule has 1 aliphatic carbocycles. The van der Waals surface area contributed by atoms with Crippen LogP contribution >= 0.6 is 11.6 Å². The zero-order valence-corrected chi connectivity index (χ0v) is 12.8. The van der Waals surface area contributed by atoms with Gasteiger partial charge in [0.15, 0.2) is 0 Å². The highest BCUT2D eigenvalue weighted by molar-refractivity contribution is 6.31. The van der Waals surface area contributed by atoms with Crippen LogP contribution in [0, 0.1) is 11.8 Å². The molecule has 1 aromatic rings. The summed E-state index contributed by atoms with van der Waals surface area (Å²) >= 11 is 6.36. The molecular weight excluding hydrogens is 262 g/mol. The van der Waals surface area contributed by atoms with E-state index in [1.165, 1.54) is 19.3 Å². The molecule has 0 saturated heterocycles. The molecule has 19 heavy (non-hydrogen) atoms. The minimum absolute atomic E-state index is 0.282. The van der Waals surface area contributed by atoms with Crippen LogP contribution in [0.1, 0.15) is 37.9 Å². The van der Waals surface area contributed by atoms with Gasteiger partial charge in [-0.1, -0.05) is 31.4 Å². The first-order valence-electron chi connectivity index (χ1n) is 7.06. The Morgan fingerprint density at radius 3 is 2.95 bits per heavy atom. The van der Waals surface area contributed by atoms with Gasteiger partial charge in [0.2, 0.25) is 0 Å². The molecule has 0 radical (unpaired) electrons. The molecule has 1 fully saturated rings. The Labute approximate surface area is 120 Å². The summed E-state index contributed by atoms with van der Waals surface area (Å²) in [5.41, 5.74) is 1.11. The lowest BCUT2D eigenvalue weighted by atomic mass is 9.88. The van der Waals surface area contributed by atoms with Crippen LogP contribution < -0.4 is 5.32 Å². The summed E-state index contributed by atoms with van der Waals surface area (Å²) in [6, 6.07) is 0.282. The zero-order valence-electron chi connectivity index (χ0n) is 12.0. The molecule has 0 amide bonds. The molecule has 1 aliphatic rings. The van der Waals surface area contributed by atoms with Gasteiger partial charge in [0.1, 0.15) is 0 Å². The maximum atomic E-state index is 6.36. The molecule has 4 nitrogen and oxygen atoms in total. The number of ether oxygens (including phenoxy) is 1. The van der Waals surface area contributed by atoms with E-state index in [1.54, 1.807) is 13.3 Å². The fourth-order valence-electron chi connectivity index (χ4n) is 3.26. The van der Waals surface area contributed by atoms with Crippen molar-refractivity contribution in [1.82, 2.24) is 15.1 Å². The van der Waals surface area contributed by atoms with E-state index in [1.807, 2.05) is 11.7 Å². The van der Waals surface area contributed by atoms with Gasteiger partial charge >= 0.3 is 0 Å². The standard InChI is InChI=1S/C14H24ClN3O/c1-10-5-4-6-11(10)13(16-2)14-12(15)9-17-18(14)7-8-19-3/h9-11,13,16H,4-8H2,1-3H3. The Balaban J connectivity index is 2.24. The lowest BCUT2D eigenvalue weighted by molar-refractivity contribution is 0.180. The number of hydrogen-bond acceptors (Lipinski definition) is 3. The van der Waals surface area contributed by atoms with E-state index >= 15 is 0 Å². The second-order valence-corrected chi connectivity index (χ2v) is 5.84. The molecule has 1 N–H and O–H groups in total. The Hall–Kier alpha value is -0.580. The van der Waals surface area contributed by atoms with E-state index in [4.69, 9.17) is 16.3 Å². The average molecular weight is 286 g/mol. The molecule has 0 aromatic carbocycles. The van der Waals surface area contributed by atoms with Crippen molar-refractivity contribution in [3.8, 4) is 0 Å². The fraction of sp³-hybridized carbons (Fsp3) is 0.786. The van der Waals surface area contributed by atoms with Crippen LogP contribution in [0.2, 0.25) is 5.02 Å². The van der Waals surface area contributed by atoms with E-state index in [0.717, 1.165) is 23.2 Å². The van der Waals surface area contributed by atoms with Crippen molar-refractivity contribution in [3.05, 3.63) is 16.9 Å². The smallest absolute Gasteiger partial charge is 0.0834 e. The first kappa shape index (κ1) is 14.8. The quantitative estimate of drug-likeness (QED) is 0.873. The van der Waals surface area contributed by atoms with Crippen molar-refractivity contribution in [2.24, 2.45) is 11.8 Å². The number of methoxy groups -OCH3 is 1. The lowest BCUT2D eigenvalue weighted by Gasteiger charge is -2.27.